The average molecular weight is 542 g/mol. The standard InChI is InChI=1S/C24H20ClN5O6S/c1-33-17-4-2-3-5-19(17)36-21-22(25)28-23(16-8-10-26-11-9-16)29-24(21)30-37(31,32)27-13-15-6-7-18-20(12-15)35-14-34-18/h2-12,27H,13-14H2,1H3,(H,28,29,30). The summed E-state index contributed by atoms with van der Waals surface area (Å²) in [4.78, 5) is 12.7. The van der Waals surface area contributed by atoms with Gasteiger partial charge in [-0.1, -0.05) is 29.8 Å². The van der Waals surface area contributed by atoms with Crippen LogP contribution >= 0.6 is 11.6 Å². The van der Waals surface area contributed by atoms with Crippen LogP contribution in [0.2, 0.25) is 5.15 Å². The van der Waals surface area contributed by atoms with Crippen molar-refractivity contribution in [2.75, 3.05) is 18.6 Å². The highest BCUT2D eigenvalue weighted by Gasteiger charge is 2.23. The van der Waals surface area contributed by atoms with Gasteiger partial charge in [-0.15, -0.1) is 0 Å². The second-order valence-corrected chi connectivity index (χ2v) is 9.48. The lowest BCUT2D eigenvalue weighted by molar-refractivity contribution is 0.174. The number of rotatable bonds is 9. The first-order valence-electron chi connectivity index (χ1n) is 10.9. The molecule has 0 unspecified atom stereocenters. The third-order valence-corrected chi connectivity index (χ3v) is 6.42. The fraction of sp³-hybridized carbons (Fsp3) is 0.125. The summed E-state index contributed by atoms with van der Waals surface area (Å²) in [6.07, 6.45) is 3.12. The molecule has 2 N–H and O–H groups in total. The average Bonchev–Trinajstić information content (AvgIpc) is 3.38. The van der Waals surface area contributed by atoms with Gasteiger partial charge in [-0.25, -0.2) is 9.97 Å². The number of para-hydroxylation sites is 2. The van der Waals surface area contributed by atoms with Gasteiger partial charge < -0.3 is 18.9 Å². The van der Waals surface area contributed by atoms with Crippen LogP contribution in [-0.4, -0.2) is 37.3 Å². The van der Waals surface area contributed by atoms with Crippen molar-refractivity contribution in [3.05, 3.63) is 77.7 Å². The maximum Gasteiger partial charge on any atom is 0.300 e. The second kappa shape index (κ2) is 10.5. The molecular formula is C24H20ClN5O6S. The Morgan fingerprint density at radius 2 is 1.76 bits per heavy atom. The van der Waals surface area contributed by atoms with Crippen molar-refractivity contribution in [1.29, 1.82) is 0 Å². The van der Waals surface area contributed by atoms with E-state index >= 15 is 0 Å². The van der Waals surface area contributed by atoms with Crippen molar-refractivity contribution in [1.82, 2.24) is 19.7 Å². The van der Waals surface area contributed by atoms with Gasteiger partial charge in [0.15, 0.2) is 39.8 Å². The van der Waals surface area contributed by atoms with E-state index in [1.807, 2.05) is 0 Å². The van der Waals surface area contributed by atoms with Crippen molar-refractivity contribution in [2.24, 2.45) is 0 Å². The number of nitrogens with one attached hydrogen (secondary N) is 2. The van der Waals surface area contributed by atoms with Gasteiger partial charge in [-0.3, -0.25) is 9.71 Å². The summed E-state index contributed by atoms with van der Waals surface area (Å²) < 4.78 is 52.8. The number of halogens is 1. The first-order valence-corrected chi connectivity index (χ1v) is 12.7. The Labute approximate surface area is 217 Å². The first-order chi connectivity index (χ1) is 17.9. The van der Waals surface area contributed by atoms with E-state index in [0.717, 1.165) is 0 Å². The minimum Gasteiger partial charge on any atom is -0.493 e. The van der Waals surface area contributed by atoms with Crippen LogP contribution in [0.1, 0.15) is 5.56 Å². The van der Waals surface area contributed by atoms with Crippen LogP contribution in [0.4, 0.5) is 5.82 Å². The van der Waals surface area contributed by atoms with E-state index in [-0.39, 0.29) is 35.9 Å². The van der Waals surface area contributed by atoms with Gasteiger partial charge in [-0.2, -0.15) is 13.1 Å². The number of fused-ring (bicyclic) bond motifs is 1. The number of pyridine rings is 1. The molecule has 0 saturated carbocycles. The molecule has 5 rings (SSSR count). The van der Waals surface area contributed by atoms with Gasteiger partial charge in [-0.05, 0) is 42.0 Å². The molecule has 1 aliphatic heterocycles. The maximum absolute atomic E-state index is 13.0. The summed E-state index contributed by atoms with van der Waals surface area (Å²) in [6.45, 7) is 0.0972. The molecule has 0 amide bonds. The Balaban J connectivity index is 1.45. The van der Waals surface area contributed by atoms with Crippen LogP contribution in [0.25, 0.3) is 11.4 Å². The summed E-state index contributed by atoms with van der Waals surface area (Å²) >= 11 is 6.47. The quantitative estimate of drug-likeness (QED) is 0.299. The smallest absolute Gasteiger partial charge is 0.300 e. The Hall–Kier alpha value is -4.13. The lowest BCUT2D eigenvalue weighted by Gasteiger charge is -2.16. The van der Waals surface area contributed by atoms with Crippen LogP contribution in [0.5, 0.6) is 28.7 Å². The van der Waals surface area contributed by atoms with Gasteiger partial charge >= 0.3 is 10.2 Å². The molecule has 4 aromatic rings. The molecule has 37 heavy (non-hydrogen) atoms. The summed E-state index contributed by atoms with van der Waals surface area (Å²) in [5.41, 5.74) is 1.24. The number of ether oxygens (including phenoxy) is 4. The van der Waals surface area contributed by atoms with Crippen molar-refractivity contribution < 1.29 is 27.4 Å². The number of benzene rings is 2. The zero-order valence-corrected chi connectivity index (χ0v) is 20.9. The van der Waals surface area contributed by atoms with Crippen LogP contribution in [0, 0.1) is 0 Å². The molecule has 2 aromatic heterocycles. The lowest BCUT2D eigenvalue weighted by Crippen LogP contribution is -2.30. The molecule has 11 nitrogen and oxygen atoms in total. The number of hydrogen-bond donors (Lipinski definition) is 2. The molecular weight excluding hydrogens is 522 g/mol. The molecule has 190 valence electrons. The SMILES string of the molecule is COc1ccccc1Oc1c(Cl)nc(-c2ccncc2)nc1NS(=O)(=O)NCc1ccc2c(c1)OCO2. The Morgan fingerprint density at radius 1 is 1.00 bits per heavy atom. The fourth-order valence-corrected chi connectivity index (χ4v) is 4.45. The summed E-state index contributed by atoms with van der Waals surface area (Å²) in [5, 5.41) is -0.110. The topological polar surface area (TPSA) is 134 Å². The van der Waals surface area contributed by atoms with Gasteiger partial charge in [0, 0.05) is 24.5 Å². The Kier molecular flexibility index (Phi) is 6.95. The predicted molar refractivity (Wildman–Crippen MR) is 135 cm³/mol. The van der Waals surface area contributed by atoms with Crippen molar-refractivity contribution in [3.8, 4) is 40.1 Å². The van der Waals surface area contributed by atoms with E-state index in [2.05, 4.69) is 24.4 Å². The zero-order chi connectivity index (χ0) is 25.8. The van der Waals surface area contributed by atoms with E-state index < -0.39 is 10.2 Å². The molecule has 0 aliphatic carbocycles. The minimum absolute atomic E-state index is 0.0231. The molecule has 0 saturated heterocycles. The van der Waals surface area contributed by atoms with Crippen LogP contribution < -0.4 is 28.4 Å². The van der Waals surface area contributed by atoms with E-state index in [1.54, 1.807) is 67.0 Å². The van der Waals surface area contributed by atoms with E-state index in [1.165, 1.54) is 7.11 Å². The monoisotopic (exact) mass is 541 g/mol. The summed E-state index contributed by atoms with van der Waals surface area (Å²) in [7, 11) is -2.66. The van der Waals surface area contributed by atoms with Gasteiger partial charge in [0.2, 0.25) is 12.5 Å². The molecule has 0 atom stereocenters. The highest BCUT2D eigenvalue weighted by Crippen LogP contribution is 2.39. The molecule has 3 heterocycles. The highest BCUT2D eigenvalue weighted by atomic mass is 35.5. The largest absolute Gasteiger partial charge is 0.493 e. The Morgan fingerprint density at radius 3 is 2.54 bits per heavy atom. The van der Waals surface area contributed by atoms with Crippen molar-refractivity contribution in [3.63, 3.8) is 0 Å². The van der Waals surface area contributed by atoms with Gasteiger partial charge in [0.1, 0.15) is 0 Å². The molecule has 2 aromatic carbocycles. The molecule has 0 fully saturated rings. The molecule has 0 radical (unpaired) electrons. The second-order valence-electron chi connectivity index (χ2n) is 7.62. The first kappa shape index (κ1) is 24.6. The summed E-state index contributed by atoms with van der Waals surface area (Å²) in [5.74, 6) is 1.75. The van der Waals surface area contributed by atoms with E-state index in [0.29, 0.717) is 34.1 Å². The molecule has 0 bridgehead atoms. The lowest BCUT2D eigenvalue weighted by atomic mass is 10.2. The number of hydrogen-bond acceptors (Lipinski definition) is 9. The Bertz CT molecular complexity index is 1540. The normalized spacial score (nSPS) is 12.3. The van der Waals surface area contributed by atoms with Crippen molar-refractivity contribution >= 4 is 27.6 Å². The van der Waals surface area contributed by atoms with Crippen LogP contribution in [-0.2, 0) is 16.8 Å². The van der Waals surface area contributed by atoms with Gasteiger partial charge in [0.25, 0.3) is 0 Å². The summed E-state index contributed by atoms with van der Waals surface area (Å²) in [6, 6.07) is 15.3. The highest BCUT2D eigenvalue weighted by molar-refractivity contribution is 7.90. The third-order valence-electron chi connectivity index (χ3n) is 5.18. The van der Waals surface area contributed by atoms with E-state index in [4.69, 9.17) is 30.5 Å². The molecule has 1 aliphatic rings. The van der Waals surface area contributed by atoms with Crippen LogP contribution in [0.15, 0.2) is 67.0 Å². The minimum atomic E-state index is -4.14. The third kappa shape index (κ3) is 5.66. The molecule has 0 spiro atoms. The maximum atomic E-state index is 13.0. The number of aromatic nitrogens is 3. The van der Waals surface area contributed by atoms with Crippen molar-refractivity contribution in [2.45, 2.75) is 6.54 Å². The number of nitrogens with zero attached hydrogens (tertiary/aromatic N) is 3. The zero-order valence-electron chi connectivity index (χ0n) is 19.3. The van der Waals surface area contributed by atoms with Crippen LogP contribution in [0.3, 0.4) is 0 Å². The van der Waals surface area contributed by atoms with Gasteiger partial charge in [0.05, 0.1) is 7.11 Å². The fourth-order valence-electron chi connectivity index (χ4n) is 3.42. The number of methoxy groups -OCH3 is 1. The molecule has 13 heteroatoms. The number of anilines is 1. The predicted octanol–water partition coefficient (Wildman–Crippen LogP) is 4.17. The van der Waals surface area contributed by atoms with E-state index in [9.17, 15) is 8.42 Å².